The monoisotopic (exact) mass is 428 g/mol. The molecule has 2 N–H and O–H groups in total. The minimum atomic E-state index is -0.629. The fourth-order valence-electron chi connectivity index (χ4n) is 4.76. The lowest BCUT2D eigenvalue weighted by Crippen LogP contribution is -2.54. The molecule has 0 spiro atoms. The third-order valence-corrected chi connectivity index (χ3v) is 6.31. The maximum Gasteiger partial charge on any atom is 0.407 e. The Hall–Kier alpha value is -2.57. The Kier molecular flexibility index (Phi) is 7.23. The van der Waals surface area contributed by atoms with Gasteiger partial charge in [-0.1, -0.05) is 46.4 Å². The van der Waals surface area contributed by atoms with E-state index in [9.17, 15) is 9.59 Å². The van der Waals surface area contributed by atoms with Gasteiger partial charge in [-0.05, 0) is 49.5 Å². The van der Waals surface area contributed by atoms with Gasteiger partial charge in [0.25, 0.3) is 0 Å². The number of carbonyl (C=O) groups is 2. The van der Waals surface area contributed by atoms with E-state index in [0.29, 0.717) is 12.5 Å². The standard InChI is InChI=1S/C24H36N4O3/c1-7-16(8-2)19-12-25-22(26-19)21-17-9-10-18(11-17)28(21)23(29)20(15(5)6)27-24(30)31-13-14(3)4/h7-8,12,14-15,17-18,20-21H,1,9-11,13H2,2-6H3,(H,25,26)(H,27,30). The van der Waals surface area contributed by atoms with Gasteiger partial charge in [0.05, 0.1) is 24.5 Å². The van der Waals surface area contributed by atoms with E-state index in [-0.39, 0.29) is 29.8 Å². The van der Waals surface area contributed by atoms with Crippen molar-refractivity contribution in [2.24, 2.45) is 17.8 Å². The van der Waals surface area contributed by atoms with Crippen LogP contribution < -0.4 is 5.32 Å². The number of allylic oxidation sites excluding steroid dienone is 3. The van der Waals surface area contributed by atoms with E-state index >= 15 is 0 Å². The van der Waals surface area contributed by atoms with Crippen LogP contribution in [0.1, 0.15) is 71.4 Å². The summed E-state index contributed by atoms with van der Waals surface area (Å²) in [5, 5.41) is 2.82. The van der Waals surface area contributed by atoms with E-state index in [1.54, 1.807) is 6.08 Å². The van der Waals surface area contributed by atoms with Gasteiger partial charge in [0.15, 0.2) is 0 Å². The second-order valence-corrected chi connectivity index (χ2v) is 9.41. The van der Waals surface area contributed by atoms with Gasteiger partial charge in [-0.15, -0.1) is 0 Å². The fraction of sp³-hybridized carbons (Fsp3) is 0.625. The Morgan fingerprint density at radius 2 is 2.10 bits per heavy atom. The Bertz CT molecular complexity index is 842. The van der Waals surface area contributed by atoms with Crippen LogP contribution in [0.25, 0.3) is 5.57 Å². The zero-order chi connectivity index (χ0) is 22.7. The number of likely N-dealkylation sites (tertiary alicyclic amines) is 1. The molecule has 2 bridgehead atoms. The number of ether oxygens (including phenoxy) is 1. The highest BCUT2D eigenvalue weighted by atomic mass is 16.5. The van der Waals surface area contributed by atoms with Crippen molar-refractivity contribution in [3.63, 3.8) is 0 Å². The van der Waals surface area contributed by atoms with Crippen molar-refractivity contribution in [1.82, 2.24) is 20.2 Å². The quantitative estimate of drug-likeness (QED) is 0.599. The molecule has 1 aliphatic carbocycles. The molecule has 170 valence electrons. The lowest BCUT2D eigenvalue weighted by molar-refractivity contribution is -0.139. The average molecular weight is 429 g/mol. The van der Waals surface area contributed by atoms with E-state index in [4.69, 9.17) is 4.74 Å². The van der Waals surface area contributed by atoms with Crippen LogP contribution in [0.5, 0.6) is 0 Å². The SMILES string of the molecule is C=CC(=CC)c1cnc(C2C3CCC(C3)N2C(=O)C(NC(=O)OCC(C)C)C(C)C)[nH]1. The molecule has 1 aromatic rings. The summed E-state index contributed by atoms with van der Waals surface area (Å²) < 4.78 is 5.27. The van der Waals surface area contributed by atoms with Crippen molar-refractivity contribution in [3.8, 4) is 0 Å². The van der Waals surface area contributed by atoms with Crippen LogP contribution in [0.2, 0.25) is 0 Å². The zero-order valence-electron chi connectivity index (χ0n) is 19.4. The molecule has 4 atom stereocenters. The van der Waals surface area contributed by atoms with Crippen molar-refractivity contribution in [3.05, 3.63) is 36.4 Å². The molecule has 7 heteroatoms. The van der Waals surface area contributed by atoms with Crippen LogP contribution in [-0.4, -0.2) is 45.6 Å². The number of hydrogen-bond acceptors (Lipinski definition) is 4. The number of rotatable bonds is 8. The first-order valence-corrected chi connectivity index (χ1v) is 11.4. The first-order chi connectivity index (χ1) is 14.8. The van der Waals surface area contributed by atoms with Gasteiger partial charge in [-0.3, -0.25) is 4.79 Å². The Morgan fingerprint density at radius 1 is 1.35 bits per heavy atom. The van der Waals surface area contributed by atoms with Crippen molar-refractivity contribution >= 4 is 17.6 Å². The van der Waals surface area contributed by atoms with Gasteiger partial charge in [-0.25, -0.2) is 9.78 Å². The second-order valence-electron chi connectivity index (χ2n) is 9.41. The average Bonchev–Trinajstić information content (AvgIpc) is 3.46. The van der Waals surface area contributed by atoms with Crippen LogP contribution in [0.4, 0.5) is 4.79 Å². The van der Waals surface area contributed by atoms with Gasteiger partial charge in [-0.2, -0.15) is 0 Å². The number of hydrogen-bond donors (Lipinski definition) is 2. The summed E-state index contributed by atoms with van der Waals surface area (Å²) in [6, 6.07) is -0.542. The number of alkyl carbamates (subject to hydrolysis) is 1. The Morgan fingerprint density at radius 3 is 2.71 bits per heavy atom. The van der Waals surface area contributed by atoms with Gasteiger partial charge in [0, 0.05) is 6.04 Å². The summed E-state index contributed by atoms with van der Waals surface area (Å²) >= 11 is 0. The third kappa shape index (κ3) is 4.86. The van der Waals surface area contributed by atoms with E-state index in [2.05, 4.69) is 21.9 Å². The van der Waals surface area contributed by atoms with Crippen molar-refractivity contribution in [2.75, 3.05) is 6.61 Å². The molecule has 1 aliphatic heterocycles. The van der Waals surface area contributed by atoms with Crippen molar-refractivity contribution in [2.45, 2.75) is 72.0 Å². The largest absolute Gasteiger partial charge is 0.449 e. The summed E-state index contributed by atoms with van der Waals surface area (Å²) in [5.41, 5.74) is 1.88. The van der Waals surface area contributed by atoms with E-state index < -0.39 is 12.1 Å². The smallest absolute Gasteiger partial charge is 0.407 e. The number of fused-ring (bicyclic) bond motifs is 2. The number of amides is 2. The molecule has 2 amide bonds. The predicted octanol–water partition coefficient (Wildman–Crippen LogP) is 4.46. The van der Waals surface area contributed by atoms with Crippen molar-refractivity contribution in [1.29, 1.82) is 0 Å². The van der Waals surface area contributed by atoms with Crippen LogP contribution in [-0.2, 0) is 9.53 Å². The molecular weight excluding hydrogens is 392 g/mol. The Balaban J connectivity index is 1.82. The molecule has 3 rings (SSSR count). The highest BCUT2D eigenvalue weighted by molar-refractivity contribution is 5.87. The van der Waals surface area contributed by atoms with Crippen molar-refractivity contribution < 1.29 is 14.3 Å². The van der Waals surface area contributed by atoms with Gasteiger partial charge in [0.2, 0.25) is 5.91 Å². The maximum atomic E-state index is 13.7. The number of nitrogens with one attached hydrogen (secondary N) is 2. The minimum Gasteiger partial charge on any atom is -0.449 e. The van der Waals surface area contributed by atoms with Gasteiger partial charge >= 0.3 is 6.09 Å². The molecule has 31 heavy (non-hydrogen) atoms. The van der Waals surface area contributed by atoms with Gasteiger partial charge < -0.3 is 19.9 Å². The molecule has 2 heterocycles. The number of aromatic amines is 1. The maximum absolute atomic E-state index is 13.7. The molecule has 2 fully saturated rings. The highest BCUT2D eigenvalue weighted by Crippen LogP contribution is 2.50. The number of nitrogens with zero attached hydrogens (tertiary/aromatic N) is 2. The van der Waals surface area contributed by atoms with E-state index in [0.717, 1.165) is 36.4 Å². The fourth-order valence-corrected chi connectivity index (χ4v) is 4.76. The number of H-pyrrole nitrogens is 1. The number of piperidine rings is 1. The van der Waals surface area contributed by atoms with Crippen LogP contribution >= 0.6 is 0 Å². The van der Waals surface area contributed by atoms with E-state index in [1.165, 1.54) is 0 Å². The molecule has 1 saturated carbocycles. The van der Waals surface area contributed by atoms with Crippen LogP contribution in [0.3, 0.4) is 0 Å². The molecule has 1 saturated heterocycles. The molecule has 4 unspecified atom stereocenters. The highest BCUT2D eigenvalue weighted by Gasteiger charge is 2.51. The predicted molar refractivity (Wildman–Crippen MR) is 121 cm³/mol. The number of carbonyl (C=O) groups excluding carboxylic acids is 2. The second kappa shape index (κ2) is 9.71. The first kappa shape index (κ1) is 23.1. The molecule has 0 aromatic carbocycles. The lowest BCUT2D eigenvalue weighted by Gasteiger charge is -2.37. The molecule has 2 aliphatic rings. The molecule has 1 aromatic heterocycles. The minimum absolute atomic E-state index is 0.0541. The molecule has 0 radical (unpaired) electrons. The normalized spacial score (nSPS) is 24.0. The summed E-state index contributed by atoms with van der Waals surface area (Å²) in [4.78, 5) is 36.0. The number of aromatic nitrogens is 2. The molecule has 7 nitrogen and oxygen atoms in total. The number of imidazole rings is 1. The topological polar surface area (TPSA) is 87.3 Å². The summed E-state index contributed by atoms with van der Waals surface area (Å²) in [6.45, 7) is 14.0. The summed E-state index contributed by atoms with van der Waals surface area (Å²) in [5.74, 6) is 1.32. The van der Waals surface area contributed by atoms with Gasteiger partial charge in [0.1, 0.15) is 11.9 Å². The third-order valence-electron chi connectivity index (χ3n) is 6.31. The summed E-state index contributed by atoms with van der Waals surface area (Å²) in [7, 11) is 0. The van der Waals surface area contributed by atoms with Crippen LogP contribution in [0.15, 0.2) is 24.9 Å². The first-order valence-electron chi connectivity index (χ1n) is 11.4. The molecular formula is C24H36N4O3. The van der Waals surface area contributed by atoms with Crippen LogP contribution in [0, 0.1) is 17.8 Å². The lowest BCUT2D eigenvalue weighted by atomic mass is 9.95. The Labute approximate surface area is 185 Å². The zero-order valence-corrected chi connectivity index (χ0v) is 19.4. The van der Waals surface area contributed by atoms with E-state index in [1.807, 2.05) is 51.8 Å². The summed E-state index contributed by atoms with van der Waals surface area (Å²) in [6.07, 6.45) is 8.11.